The monoisotopic (exact) mass is 250 g/mol. The summed E-state index contributed by atoms with van der Waals surface area (Å²) in [5, 5.41) is 3.53. The van der Waals surface area contributed by atoms with E-state index in [4.69, 9.17) is 4.74 Å². The van der Waals surface area contributed by atoms with E-state index in [1.54, 1.807) is 0 Å². The molecule has 0 aliphatic heterocycles. The van der Waals surface area contributed by atoms with Gasteiger partial charge in [-0.2, -0.15) is 0 Å². The lowest BCUT2D eigenvalue weighted by Crippen LogP contribution is -2.37. The van der Waals surface area contributed by atoms with E-state index in [2.05, 4.69) is 44.1 Å². The van der Waals surface area contributed by atoms with E-state index in [9.17, 15) is 0 Å². The molecule has 3 heteroatoms. The Hall–Kier alpha value is -0.930. The van der Waals surface area contributed by atoms with Gasteiger partial charge in [0.25, 0.3) is 0 Å². The van der Waals surface area contributed by atoms with Crippen LogP contribution in [0.2, 0.25) is 0 Å². The van der Waals surface area contributed by atoms with Crippen molar-refractivity contribution in [1.82, 2.24) is 10.3 Å². The summed E-state index contributed by atoms with van der Waals surface area (Å²) in [5.41, 5.74) is 2.40. The molecule has 3 nitrogen and oxygen atoms in total. The normalized spacial score (nSPS) is 14.8. The van der Waals surface area contributed by atoms with Crippen molar-refractivity contribution in [1.29, 1.82) is 0 Å². The number of aromatic nitrogens is 1. The van der Waals surface area contributed by atoms with Crippen LogP contribution in [-0.2, 0) is 4.74 Å². The largest absolute Gasteiger partial charge is 0.376 e. The summed E-state index contributed by atoms with van der Waals surface area (Å²) in [6.45, 7) is 12.3. The maximum absolute atomic E-state index is 5.92. The van der Waals surface area contributed by atoms with Gasteiger partial charge in [0.1, 0.15) is 0 Å². The van der Waals surface area contributed by atoms with Crippen LogP contribution in [0.1, 0.15) is 44.9 Å². The number of ether oxygens (including phenoxy) is 1. The molecule has 18 heavy (non-hydrogen) atoms. The van der Waals surface area contributed by atoms with Crippen molar-refractivity contribution < 1.29 is 4.74 Å². The Morgan fingerprint density at radius 1 is 1.28 bits per heavy atom. The molecule has 0 aliphatic carbocycles. The number of hydrogen-bond donors (Lipinski definition) is 1. The van der Waals surface area contributed by atoms with Crippen LogP contribution < -0.4 is 5.32 Å². The van der Waals surface area contributed by atoms with Crippen molar-refractivity contribution in [2.75, 3.05) is 13.2 Å². The van der Waals surface area contributed by atoms with Crippen LogP contribution in [0.5, 0.6) is 0 Å². The van der Waals surface area contributed by atoms with E-state index in [0.717, 1.165) is 13.2 Å². The summed E-state index contributed by atoms with van der Waals surface area (Å²) in [6.07, 6.45) is 4.00. The first-order valence-electron chi connectivity index (χ1n) is 6.86. The van der Waals surface area contributed by atoms with Crippen molar-refractivity contribution in [3.05, 3.63) is 29.6 Å². The highest BCUT2D eigenvalue weighted by molar-refractivity contribution is 5.21. The Kier molecular flexibility index (Phi) is 6.30. The molecule has 0 aromatic carbocycles. The Morgan fingerprint density at radius 3 is 2.50 bits per heavy atom. The Labute approximate surface area is 111 Å². The zero-order valence-corrected chi connectivity index (χ0v) is 12.2. The summed E-state index contributed by atoms with van der Waals surface area (Å²) in [5.74, 6) is 0.467. The van der Waals surface area contributed by atoms with Crippen LogP contribution in [0.3, 0.4) is 0 Å². The molecule has 0 amide bonds. The number of rotatable bonds is 7. The first-order chi connectivity index (χ1) is 8.60. The highest BCUT2D eigenvalue weighted by Crippen LogP contribution is 2.24. The molecule has 0 saturated carbocycles. The standard InChI is InChI=1S/C15H26N2O/c1-6-17-14(15(11(3)4)18-7-2)13-8-12(5)9-16-10-13/h8-11,14-15,17H,6-7H2,1-5H3. The molecule has 1 rings (SSSR count). The second kappa shape index (κ2) is 7.49. The number of aryl methyl sites for hydroxylation is 1. The van der Waals surface area contributed by atoms with Gasteiger partial charge in [-0.1, -0.05) is 26.8 Å². The van der Waals surface area contributed by atoms with Crippen LogP contribution >= 0.6 is 0 Å². The third kappa shape index (κ3) is 4.07. The minimum Gasteiger partial charge on any atom is -0.376 e. The van der Waals surface area contributed by atoms with Gasteiger partial charge in [0, 0.05) is 19.0 Å². The molecule has 0 spiro atoms. The predicted octanol–water partition coefficient (Wildman–Crippen LogP) is 3.10. The Balaban J connectivity index is 2.99. The highest BCUT2D eigenvalue weighted by atomic mass is 16.5. The Morgan fingerprint density at radius 2 is 2.00 bits per heavy atom. The number of likely N-dealkylation sites (N-methyl/N-ethyl adjacent to an activating group) is 1. The topological polar surface area (TPSA) is 34.2 Å². The van der Waals surface area contributed by atoms with Crippen LogP contribution in [0.4, 0.5) is 0 Å². The summed E-state index contributed by atoms with van der Waals surface area (Å²) in [4.78, 5) is 4.29. The van der Waals surface area contributed by atoms with E-state index in [1.165, 1.54) is 11.1 Å². The molecular formula is C15H26N2O. The van der Waals surface area contributed by atoms with Crippen molar-refractivity contribution in [3.8, 4) is 0 Å². The first kappa shape index (κ1) is 15.1. The quantitative estimate of drug-likeness (QED) is 0.807. The van der Waals surface area contributed by atoms with Gasteiger partial charge in [-0.05, 0) is 37.4 Å². The van der Waals surface area contributed by atoms with Gasteiger partial charge in [0.05, 0.1) is 12.1 Å². The fourth-order valence-corrected chi connectivity index (χ4v) is 2.26. The third-order valence-electron chi connectivity index (χ3n) is 3.02. The van der Waals surface area contributed by atoms with Crippen LogP contribution in [-0.4, -0.2) is 24.2 Å². The van der Waals surface area contributed by atoms with E-state index >= 15 is 0 Å². The van der Waals surface area contributed by atoms with E-state index < -0.39 is 0 Å². The van der Waals surface area contributed by atoms with Crippen molar-refractivity contribution in [3.63, 3.8) is 0 Å². The average Bonchev–Trinajstić information content (AvgIpc) is 2.33. The number of pyridine rings is 1. The van der Waals surface area contributed by atoms with Gasteiger partial charge in [0.15, 0.2) is 0 Å². The summed E-state index contributed by atoms with van der Waals surface area (Å²) in [7, 11) is 0. The van der Waals surface area contributed by atoms with E-state index in [1.807, 2.05) is 19.3 Å². The molecule has 0 aliphatic rings. The third-order valence-corrected chi connectivity index (χ3v) is 3.02. The zero-order chi connectivity index (χ0) is 13.5. The van der Waals surface area contributed by atoms with E-state index in [-0.39, 0.29) is 12.1 Å². The van der Waals surface area contributed by atoms with Crippen LogP contribution in [0.25, 0.3) is 0 Å². The highest BCUT2D eigenvalue weighted by Gasteiger charge is 2.26. The second-order valence-corrected chi connectivity index (χ2v) is 4.99. The Bertz CT molecular complexity index is 352. The predicted molar refractivity (Wildman–Crippen MR) is 75.6 cm³/mol. The molecule has 0 radical (unpaired) electrons. The maximum Gasteiger partial charge on any atom is 0.0792 e. The summed E-state index contributed by atoms with van der Waals surface area (Å²) in [6, 6.07) is 2.40. The number of hydrogen-bond acceptors (Lipinski definition) is 3. The number of nitrogens with zero attached hydrogens (tertiary/aromatic N) is 1. The van der Waals surface area contributed by atoms with E-state index in [0.29, 0.717) is 5.92 Å². The molecule has 1 aromatic heterocycles. The van der Waals surface area contributed by atoms with Crippen molar-refractivity contribution >= 4 is 0 Å². The van der Waals surface area contributed by atoms with Crippen molar-refractivity contribution in [2.45, 2.75) is 46.8 Å². The van der Waals surface area contributed by atoms with Crippen LogP contribution in [0.15, 0.2) is 18.5 Å². The fraction of sp³-hybridized carbons (Fsp3) is 0.667. The number of nitrogens with one attached hydrogen (secondary N) is 1. The molecule has 2 unspecified atom stereocenters. The molecule has 0 fully saturated rings. The molecule has 0 bridgehead atoms. The SMILES string of the molecule is CCNC(c1cncc(C)c1)C(OCC)C(C)C. The lowest BCUT2D eigenvalue weighted by Gasteiger charge is -2.31. The lowest BCUT2D eigenvalue weighted by atomic mass is 9.93. The summed E-state index contributed by atoms with van der Waals surface area (Å²) < 4.78 is 5.92. The molecule has 102 valence electrons. The van der Waals surface area contributed by atoms with Crippen LogP contribution in [0, 0.1) is 12.8 Å². The zero-order valence-electron chi connectivity index (χ0n) is 12.2. The van der Waals surface area contributed by atoms with Crippen molar-refractivity contribution in [2.24, 2.45) is 5.92 Å². The molecule has 2 atom stereocenters. The minimum absolute atomic E-state index is 0.179. The molecule has 1 N–H and O–H groups in total. The van der Waals surface area contributed by atoms with Gasteiger partial charge >= 0.3 is 0 Å². The van der Waals surface area contributed by atoms with Gasteiger partial charge < -0.3 is 10.1 Å². The summed E-state index contributed by atoms with van der Waals surface area (Å²) >= 11 is 0. The molecule has 1 heterocycles. The lowest BCUT2D eigenvalue weighted by molar-refractivity contribution is 0.00309. The fourth-order valence-electron chi connectivity index (χ4n) is 2.26. The van der Waals surface area contributed by atoms with Gasteiger partial charge in [0.2, 0.25) is 0 Å². The molecule has 0 saturated heterocycles. The van der Waals surface area contributed by atoms with Gasteiger partial charge in [-0.3, -0.25) is 4.98 Å². The maximum atomic E-state index is 5.92. The first-order valence-corrected chi connectivity index (χ1v) is 6.86. The van der Waals surface area contributed by atoms with Gasteiger partial charge in [-0.15, -0.1) is 0 Å². The smallest absolute Gasteiger partial charge is 0.0792 e. The average molecular weight is 250 g/mol. The molecule has 1 aromatic rings. The second-order valence-electron chi connectivity index (χ2n) is 4.99. The molecular weight excluding hydrogens is 224 g/mol. The minimum atomic E-state index is 0.179. The van der Waals surface area contributed by atoms with Gasteiger partial charge in [-0.25, -0.2) is 0 Å².